The number of halogens is 3. The average molecular weight is 329 g/mol. The molecule has 20 heavy (non-hydrogen) atoms. The fourth-order valence-corrected chi connectivity index (χ4v) is 2.36. The van der Waals surface area contributed by atoms with E-state index in [1.807, 2.05) is 6.92 Å². The summed E-state index contributed by atoms with van der Waals surface area (Å²) in [6.45, 7) is 1.89. The first-order valence-corrected chi connectivity index (χ1v) is 6.77. The van der Waals surface area contributed by atoms with Crippen LogP contribution in [-0.2, 0) is 0 Å². The lowest BCUT2D eigenvalue weighted by atomic mass is 10.2. The van der Waals surface area contributed by atoms with Crippen LogP contribution in [0.25, 0.3) is 5.78 Å². The Morgan fingerprint density at radius 1 is 1.10 bits per heavy atom. The molecule has 1 N–H and O–H groups in total. The third-order valence-corrected chi connectivity index (χ3v) is 3.65. The van der Waals surface area contributed by atoms with E-state index in [9.17, 15) is 0 Å². The Morgan fingerprint density at radius 3 is 2.70 bits per heavy atom. The van der Waals surface area contributed by atoms with Crippen LogP contribution >= 0.6 is 34.8 Å². The first-order valence-electron chi connectivity index (χ1n) is 5.63. The van der Waals surface area contributed by atoms with E-state index in [0.717, 1.165) is 5.56 Å². The van der Waals surface area contributed by atoms with Crippen molar-refractivity contribution in [3.8, 4) is 0 Å². The van der Waals surface area contributed by atoms with Crippen LogP contribution in [0.4, 0.5) is 11.5 Å². The van der Waals surface area contributed by atoms with E-state index in [2.05, 4.69) is 20.4 Å². The van der Waals surface area contributed by atoms with Crippen molar-refractivity contribution in [1.29, 1.82) is 0 Å². The van der Waals surface area contributed by atoms with Crippen molar-refractivity contribution in [3.63, 3.8) is 0 Å². The monoisotopic (exact) mass is 327 g/mol. The zero-order valence-corrected chi connectivity index (χ0v) is 12.5. The van der Waals surface area contributed by atoms with Gasteiger partial charge in [0.2, 0.25) is 0 Å². The van der Waals surface area contributed by atoms with Gasteiger partial charge in [-0.2, -0.15) is 19.6 Å². The standard InChI is InChI=1S/C12H8Cl3N5/c1-6-2-8(14)9(3-7(6)13)18-11-4-10(15)19-12-16-5-17-20(11)12/h2-5,18H,1H3. The lowest BCUT2D eigenvalue weighted by Gasteiger charge is -2.11. The third kappa shape index (κ3) is 2.40. The molecule has 0 saturated heterocycles. The summed E-state index contributed by atoms with van der Waals surface area (Å²) < 4.78 is 1.52. The minimum atomic E-state index is 0.308. The second kappa shape index (κ2) is 5.09. The number of aromatic nitrogens is 4. The molecule has 102 valence electrons. The smallest absolute Gasteiger partial charge is 0.255 e. The van der Waals surface area contributed by atoms with Crippen LogP contribution in [-0.4, -0.2) is 19.6 Å². The number of anilines is 2. The van der Waals surface area contributed by atoms with Crippen molar-refractivity contribution >= 4 is 52.1 Å². The van der Waals surface area contributed by atoms with Gasteiger partial charge in [0, 0.05) is 11.1 Å². The van der Waals surface area contributed by atoms with E-state index in [1.165, 1.54) is 10.8 Å². The van der Waals surface area contributed by atoms with Gasteiger partial charge in [-0.25, -0.2) is 0 Å². The maximum absolute atomic E-state index is 6.20. The highest BCUT2D eigenvalue weighted by molar-refractivity contribution is 6.36. The second-order valence-electron chi connectivity index (χ2n) is 4.14. The van der Waals surface area contributed by atoms with E-state index in [0.29, 0.717) is 32.5 Å². The van der Waals surface area contributed by atoms with E-state index >= 15 is 0 Å². The summed E-state index contributed by atoms with van der Waals surface area (Å²) in [6.07, 6.45) is 1.40. The number of hydrogen-bond acceptors (Lipinski definition) is 4. The topological polar surface area (TPSA) is 55.1 Å². The molecule has 0 saturated carbocycles. The van der Waals surface area contributed by atoms with Gasteiger partial charge >= 0.3 is 0 Å². The number of aryl methyl sites for hydroxylation is 1. The molecule has 0 amide bonds. The van der Waals surface area contributed by atoms with Gasteiger partial charge in [0.05, 0.1) is 10.7 Å². The number of benzene rings is 1. The van der Waals surface area contributed by atoms with E-state index in [-0.39, 0.29) is 0 Å². The Kier molecular flexibility index (Phi) is 3.41. The predicted molar refractivity (Wildman–Crippen MR) is 80.3 cm³/mol. The number of fused-ring (bicyclic) bond motifs is 1. The molecule has 8 heteroatoms. The van der Waals surface area contributed by atoms with Crippen molar-refractivity contribution in [3.05, 3.63) is 45.3 Å². The highest BCUT2D eigenvalue weighted by Gasteiger charge is 2.10. The first kappa shape index (κ1) is 13.4. The summed E-state index contributed by atoms with van der Waals surface area (Å²) in [7, 11) is 0. The Hall–Kier alpha value is -1.56. The molecule has 0 unspecified atom stereocenters. The minimum Gasteiger partial charge on any atom is -0.339 e. The van der Waals surface area contributed by atoms with Gasteiger partial charge in [0.1, 0.15) is 17.3 Å². The molecule has 2 aromatic heterocycles. The number of nitrogens with zero attached hydrogens (tertiary/aromatic N) is 4. The summed E-state index contributed by atoms with van der Waals surface area (Å²) in [5.74, 6) is 0.994. The van der Waals surface area contributed by atoms with Gasteiger partial charge in [-0.15, -0.1) is 0 Å². The third-order valence-electron chi connectivity index (χ3n) is 2.73. The van der Waals surface area contributed by atoms with Crippen molar-refractivity contribution in [1.82, 2.24) is 19.6 Å². The summed E-state index contributed by atoms with van der Waals surface area (Å²) in [4.78, 5) is 8.04. The predicted octanol–water partition coefficient (Wildman–Crippen LogP) is 4.14. The highest BCUT2D eigenvalue weighted by atomic mass is 35.5. The molecule has 3 aromatic rings. The van der Waals surface area contributed by atoms with Crippen LogP contribution in [0, 0.1) is 6.92 Å². The molecule has 3 rings (SSSR count). The van der Waals surface area contributed by atoms with Crippen LogP contribution in [0.2, 0.25) is 15.2 Å². The SMILES string of the molecule is Cc1cc(Cl)c(Nc2cc(Cl)nc3ncnn23)cc1Cl. The summed E-state index contributed by atoms with van der Waals surface area (Å²) >= 11 is 18.3. The van der Waals surface area contributed by atoms with E-state index < -0.39 is 0 Å². The van der Waals surface area contributed by atoms with Crippen LogP contribution in [0.3, 0.4) is 0 Å². The minimum absolute atomic E-state index is 0.308. The molecule has 5 nitrogen and oxygen atoms in total. The fraction of sp³-hybridized carbons (Fsp3) is 0.0833. The van der Waals surface area contributed by atoms with Crippen LogP contribution in [0.5, 0.6) is 0 Å². The Labute approximate surface area is 129 Å². The first-order chi connectivity index (χ1) is 9.54. The quantitative estimate of drug-likeness (QED) is 0.718. The molecule has 1 aromatic carbocycles. The molecule has 0 radical (unpaired) electrons. The van der Waals surface area contributed by atoms with Crippen molar-refractivity contribution in [2.24, 2.45) is 0 Å². The molecular weight excluding hydrogens is 321 g/mol. The van der Waals surface area contributed by atoms with Crippen molar-refractivity contribution < 1.29 is 0 Å². The highest BCUT2D eigenvalue weighted by Crippen LogP contribution is 2.31. The Balaban J connectivity index is 2.09. The lowest BCUT2D eigenvalue weighted by molar-refractivity contribution is 0.947. The maximum Gasteiger partial charge on any atom is 0.255 e. The Morgan fingerprint density at radius 2 is 1.90 bits per heavy atom. The molecular formula is C12H8Cl3N5. The summed E-state index contributed by atoms with van der Waals surface area (Å²) in [5, 5.41) is 8.68. The molecule has 0 spiro atoms. The second-order valence-corrected chi connectivity index (χ2v) is 5.34. The number of nitrogens with one attached hydrogen (secondary N) is 1. The summed E-state index contributed by atoms with van der Waals surface area (Å²) in [6, 6.07) is 5.16. The molecule has 0 aliphatic carbocycles. The van der Waals surface area contributed by atoms with Crippen molar-refractivity contribution in [2.45, 2.75) is 6.92 Å². The van der Waals surface area contributed by atoms with Gasteiger partial charge in [-0.3, -0.25) is 0 Å². The maximum atomic E-state index is 6.20. The van der Waals surface area contributed by atoms with Crippen LogP contribution < -0.4 is 5.32 Å². The molecule has 2 heterocycles. The molecule has 0 bridgehead atoms. The van der Waals surface area contributed by atoms with E-state index in [4.69, 9.17) is 34.8 Å². The molecule has 0 atom stereocenters. The largest absolute Gasteiger partial charge is 0.339 e. The van der Waals surface area contributed by atoms with Gasteiger partial charge < -0.3 is 5.32 Å². The van der Waals surface area contributed by atoms with Gasteiger partial charge in [0.15, 0.2) is 0 Å². The summed E-state index contributed by atoms with van der Waals surface area (Å²) in [5.41, 5.74) is 1.56. The average Bonchev–Trinajstić information content (AvgIpc) is 2.84. The van der Waals surface area contributed by atoms with Gasteiger partial charge in [0.25, 0.3) is 5.78 Å². The Bertz CT molecular complexity index is 799. The number of hydrogen-bond donors (Lipinski definition) is 1. The van der Waals surface area contributed by atoms with Crippen LogP contribution in [0.15, 0.2) is 24.5 Å². The zero-order valence-electron chi connectivity index (χ0n) is 10.2. The molecule has 0 aliphatic heterocycles. The zero-order chi connectivity index (χ0) is 14.3. The van der Waals surface area contributed by atoms with Gasteiger partial charge in [-0.05, 0) is 24.6 Å². The lowest BCUT2D eigenvalue weighted by Crippen LogP contribution is -2.02. The molecule has 0 aliphatic rings. The number of rotatable bonds is 2. The normalized spacial score (nSPS) is 11.0. The van der Waals surface area contributed by atoms with Crippen LogP contribution in [0.1, 0.15) is 5.56 Å². The van der Waals surface area contributed by atoms with Crippen molar-refractivity contribution in [2.75, 3.05) is 5.32 Å². The van der Waals surface area contributed by atoms with E-state index in [1.54, 1.807) is 18.2 Å². The molecule has 0 fully saturated rings. The fourth-order valence-electron chi connectivity index (χ4n) is 1.75. The van der Waals surface area contributed by atoms with Gasteiger partial charge in [-0.1, -0.05) is 34.8 Å².